The minimum Gasteiger partial charge on any atom is -0.496 e. The molecule has 0 aromatic heterocycles. The van der Waals surface area contributed by atoms with E-state index >= 15 is 0 Å². The fourth-order valence-corrected chi connectivity index (χ4v) is 3.07. The number of aryl methyl sites for hydroxylation is 1. The first-order chi connectivity index (χ1) is 9.74. The Balaban J connectivity index is 2.12. The quantitative estimate of drug-likeness (QED) is 0.864. The molecule has 1 N–H and O–H groups in total. The van der Waals surface area contributed by atoms with Gasteiger partial charge in [-0.15, -0.1) is 0 Å². The molecular weight excluding hydrogens is 248 g/mol. The zero-order valence-corrected chi connectivity index (χ0v) is 13.1. The molecule has 1 unspecified atom stereocenters. The van der Waals surface area contributed by atoms with Crippen LogP contribution in [0.3, 0.4) is 0 Å². The van der Waals surface area contributed by atoms with Gasteiger partial charge in [0.15, 0.2) is 0 Å². The molecule has 1 aliphatic rings. The second kappa shape index (κ2) is 7.65. The van der Waals surface area contributed by atoms with Gasteiger partial charge >= 0.3 is 0 Å². The van der Waals surface area contributed by atoms with E-state index in [1.807, 2.05) is 0 Å². The van der Waals surface area contributed by atoms with Gasteiger partial charge in [-0.05, 0) is 45.3 Å². The van der Waals surface area contributed by atoms with Gasteiger partial charge in [0.05, 0.1) is 7.11 Å². The molecule has 112 valence electrons. The maximum Gasteiger partial charge on any atom is 0.123 e. The molecule has 20 heavy (non-hydrogen) atoms. The molecule has 2 rings (SSSR count). The van der Waals surface area contributed by atoms with Gasteiger partial charge in [0, 0.05) is 24.7 Å². The first-order valence-corrected chi connectivity index (χ1v) is 7.83. The van der Waals surface area contributed by atoms with Gasteiger partial charge in [-0.3, -0.25) is 4.90 Å². The van der Waals surface area contributed by atoms with Crippen LogP contribution in [0, 0.1) is 6.92 Å². The highest BCUT2D eigenvalue weighted by molar-refractivity contribution is 5.36. The summed E-state index contributed by atoms with van der Waals surface area (Å²) in [5.41, 5.74) is 2.62. The lowest BCUT2D eigenvalue weighted by molar-refractivity contribution is 0.156. The van der Waals surface area contributed by atoms with Crippen LogP contribution in [0.4, 0.5) is 0 Å². The van der Waals surface area contributed by atoms with E-state index in [9.17, 15) is 0 Å². The SMILES string of the molecule is CCCN(Cc1cc(C)ccc1OC)C1CCCNC1. The van der Waals surface area contributed by atoms with E-state index in [2.05, 4.69) is 42.3 Å². The third kappa shape index (κ3) is 3.97. The molecule has 3 nitrogen and oxygen atoms in total. The normalized spacial score (nSPS) is 19.3. The van der Waals surface area contributed by atoms with E-state index in [0.717, 1.165) is 25.4 Å². The fraction of sp³-hybridized carbons (Fsp3) is 0.647. The van der Waals surface area contributed by atoms with Crippen LogP contribution in [0.1, 0.15) is 37.3 Å². The number of piperidine rings is 1. The lowest BCUT2D eigenvalue weighted by atomic mass is 10.0. The van der Waals surface area contributed by atoms with E-state index in [0.29, 0.717) is 6.04 Å². The van der Waals surface area contributed by atoms with Gasteiger partial charge in [-0.1, -0.05) is 24.6 Å². The van der Waals surface area contributed by atoms with Crippen molar-refractivity contribution in [2.45, 2.75) is 45.7 Å². The Hall–Kier alpha value is -1.06. The number of nitrogens with one attached hydrogen (secondary N) is 1. The van der Waals surface area contributed by atoms with Crippen LogP contribution >= 0.6 is 0 Å². The average molecular weight is 276 g/mol. The topological polar surface area (TPSA) is 24.5 Å². The number of hydrogen-bond acceptors (Lipinski definition) is 3. The minimum absolute atomic E-state index is 0.661. The summed E-state index contributed by atoms with van der Waals surface area (Å²) in [5, 5.41) is 3.53. The minimum atomic E-state index is 0.661. The number of ether oxygens (including phenoxy) is 1. The zero-order valence-electron chi connectivity index (χ0n) is 13.1. The number of benzene rings is 1. The van der Waals surface area contributed by atoms with Crippen LogP contribution in [0.2, 0.25) is 0 Å². The van der Waals surface area contributed by atoms with Gasteiger partial charge in [0.25, 0.3) is 0 Å². The van der Waals surface area contributed by atoms with Crippen LogP contribution in [0.5, 0.6) is 5.75 Å². The third-order valence-electron chi connectivity index (χ3n) is 4.11. The molecule has 1 aliphatic heterocycles. The number of methoxy groups -OCH3 is 1. The molecule has 1 heterocycles. The van der Waals surface area contributed by atoms with Crippen molar-refractivity contribution < 1.29 is 4.74 Å². The summed E-state index contributed by atoms with van der Waals surface area (Å²) in [6, 6.07) is 7.13. The van der Waals surface area contributed by atoms with Crippen molar-refractivity contribution >= 4 is 0 Å². The summed E-state index contributed by atoms with van der Waals surface area (Å²) < 4.78 is 5.52. The van der Waals surface area contributed by atoms with Crippen LogP contribution in [0.25, 0.3) is 0 Å². The Bertz CT molecular complexity index is 413. The lowest BCUT2D eigenvalue weighted by Gasteiger charge is -2.35. The van der Waals surface area contributed by atoms with Crippen molar-refractivity contribution in [3.63, 3.8) is 0 Å². The summed E-state index contributed by atoms with van der Waals surface area (Å²) >= 11 is 0. The van der Waals surface area contributed by atoms with Crippen molar-refractivity contribution in [2.75, 3.05) is 26.7 Å². The van der Waals surface area contributed by atoms with E-state index in [1.54, 1.807) is 7.11 Å². The first-order valence-electron chi connectivity index (χ1n) is 7.83. The summed E-state index contributed by atoms with van der Waals surface area (Å²) in [6.07, 6.45) is 3.79. The van der Waals surface area contributed by atoms with Crippen LogP contribution in [-0.4, -0.2) is 37.7 Å². The molecule has 1 atom stereocenters. The molecule has 0 bridgehead atoms. The van der Waals surface area contributed by atoms with Gasteiger partial charge in [-0.25, -0.2) is 0 Å². The molecule has 1 fully saturated rings. The second-order valence-electron chi connectivity index (χ2n) is 5.79. The Morgan fingerprint density at radius 2 is 2.25 bits per heavy atom. The van der Waals surface area contributed by atoms with E-state index in [1.165, 1.54) is 36.9 Å². The lowest BCUT2D eigenvalue weighted by Crippen LogP contribution is -2.45. The standard InChI is InChI=1S/C17H28N2O/c1-4-10-19(16-6-5-9-18-12-16)13-15-11-14(2)7-8-17(15)20-3/h7-8,11,16,18H,4-6,9-10,12-13H2,1-3H3. The molecule has 0 amide bonds. The molecule has 3 heteroatoms. The van der Waals surface area contributed by atoms with E-state index in [4.69, 9.17) is 4.74 Å². The van der Waals surface area contributed by atoms with Crippen molar-refractivity contribution in [1.29, 1.82) is 0 Å². The van der Waals surface area contributed by atoms with Crippen molar-refractivity contribution in [3.8, 4) is 5.75 Å². The molecule has 0 aliphatic carbocycles. The molecular formula is C17H28N2O. The molecule has 0 radical (unpaired) electrons. The molecule has 1 aromatic rings. The highest BCUT2D eigenvalue weighted by Crippen LogP contribution is 2.23. The first kappa shape index (κ1) is 15.3. The summed E-state index contributed by atoms with van der Waals surface area (Å²) in [4.78, 5) is 2.61. The number of nitrogens with zero attached hydrogens (tertiary/aromatic N) is 1. The number of hydrogen-bond donors (Lipinski definition) is 1. The van der Waals surface area contributed by atoms with E-state index < -0.39 is 0 Å². The maximum absolute atomic E-state index is 5.52. The van der Waals surface area contributed by atoms with E-state index in [-0.39, 0.29) is 0 Å². The predicted octanol–water partition coefficient (Wildman–Crippen LogP) is 2.97. The smallest absolute Gasteiger partial charge is 0.123 e. The largest absolute Gasteiger partial charge is 0.496 e. The van der Waals surface area contributed by atoms with Crippen molar-refractivity contribution in [1.82, 2.24) is 10.2 Å². The van der Waals surface area contributed by atoms with Gasteiger partial charge in [-0.2, -0.15) is 0 Å². The highest BCUT2D eigenvalue weighted by Gasteiger charge is 2.21. The predicted molar refractivity (Wildman–Crippen MR) is 84.3 cm³/mol. The zero-order chi connectivity index (χ0) is 14.4. The highest BCUT2D eigenvalue weighted by atomic mass is 16.5. The summed E-state index contributed by atoms with van der Waals surface area (Å²) in [6.45, 7) is 8.85. The summed E-state index contributed by atoms with van der Waals surface area (Å²) in [5.74, 6) is 1.01. The second-order valence-corrected chi connectivity index (χ2v) is 5.79. The number of rotatable bonds is 6. The van der Waals surface area contributed by atoms with Crippen LogP contribution in [0.15, 0.2) is 18.2 Å². The Morgan fingerprint density at radius 3 is 2.90 bits per heavy atom. The van der Waals surface area contributed by atoms with Crippen molar-refractivity contribution in [2.24, 2.45) is 0 Å². The Kier molecular flexibility index (Phi) is 5.86. The van der Waals surface area contributed by atoms with Crippen LogP contribution < -0.4 is 10.1 Å². The maximum atomic E-state index is 5.52. The van der Waals surface area contributed by atoms with Gasteiger partial charge in [0.1, 0.15) is 5.75 Å². The molecule has 0 saturated carbocycles. The monoisotopic (exact) mass is 276 g/mol. The molecule has 0 spiro atoms. The van der Waals surface area contributed by atoms with Crippen LogP contribution in [-0.2, 0) is 6.54 Å². The molecule has 1 aromatic carbocycles. The Labute approximate surface area is 123 Å². The Morgan fingerprint density at radius 1 is 1.40 bits per heavy atom. The average Bonchev–Trinajstić information content (AvgIpc) is 2.48. The van der Waals surface area contributed by atoms with Gasteiger partial charge in [0.2, 0.25) is 0 Å². The fourth-order valence-electron chi connectivity index (χ4n) is 3.07. The summed E-state index contributed by atoms with van der Waals surface area (Å²) in [7, 11) is 1.76. The van der Waals surface area contributed by atoms with Gasteiger partial charge < -0.3 is 10.1 Å². The van der Waals surface area contributed by atoms with Crippen molar-refractivity contribution in [3.05, 3.63) is 29.3 Å². The molecule has 1 saturated heterocycles. The third-order valence-corrected chi connectivity index (χ3v) is 4.11.